The predicted molar refractivity (Wildman–Crippen MR) is 108 cm³/mol. The molecule has 0 aliphatic carbocycles. The van der Waals surface area contributed by atoms with E-state index in [9.17, 15) is 9.59 Å². The summed E-state index contributed by atoms with van der Waals surface area (Å²) in [5.41, 5.74) is 1.31. The number of carbonyl (C=O) groups is 1. The monoisotopic (exact) mass is 391 g/mol. The van der Waals surface area contributed by atoms with E-state index in [1.807, 2.05) is 19.9 Å². The van der Waals surface area contributed by atoms with Crippen molar-refractivity contribution in [2.75, 3.05) is 13.7 Å². The Kier molecular flexibility index (Phi) is 5.61. The molecule has 0 aliphatic heterocycles. The van der Waals surface area contributed by atoms with E-state index < -0.39 is 5.60 Å². The van der Waals surface area contributed by atoms with E-state index in [4.69, 9.17) is 10.00 Å². The molecule has 1 amide bonds. The lowest BCUT2D eigenvalue weighted by Gasteiger charge is -2.23. The molecule has 8 nitrogen and oxygen atoms in total. The van der Waals surface area contributed by atoms with E-state index in [1.54, 1.807) is 49.7 Å². The highest BCUT2D eigenvalue weighted by Gasteiger charge is 2.18. The van der Waals surface area contributed by atoms with Crippen molar-refractivity contribution in [2.24, 2.45) is 0 Å². The van der Waals surface area contributed by atoms with Gasteiger partial charge in [-0.3, -0.25) is 14.7 Å². The lowest BCUT2D eigenvalue weighted by atomic mass is 10.1. The van der Waals surface area contributed by atoms with Crippen LogP contribution in [0.1, 0.15) is 29.8 Å². The minimum atomic E-state index is -0.470. The Labute approximate surface area is 167 Å². The molecule has 0 bridgehead atoms. The van der Waals surface area contributed by atoms with Gasteiger partial charge in [-0.05, 0) is 43.7 Å². The molecule has 0 atom stereocenters. The third-order valence-corrected chi connectivity index (χ3v) is 4.56. The summed E-state index contributed by atoms with van der Waals surface area (Å²) >= 11 is 0. The molecule has 1 aromatic carbocycles. The van der Waals surface area contributed by atoms with Crippen molar-refractivity contribution in [3.05, 3.63) is 70.3 Å². The summed E-state index contributed by atoms with van der Waals surface area (Å²) in [7, 11) is 1.59. The van der Waals surface area contributed by atoms with Crippen LogP contribution in [0.4, 0.5) is 0 Å². The first kappa shape index (κ1) is 20.0. The molecule has 0 saturated carbocycles. The van der Waals surface area contributed by atoms with Crippen LogP contribution in [-0.2, 0) is 4.74 Å². The van der Waals surface area contributed by atoms with Crippen LogP contribution >= 0.6 is 0 Å². The van der Waals surface area contributed by atoms with Gasteiger partial charge in [0.25, 0.3) is 11.5 Å². The quantitative estimate of drug-likeness (QED) is 0.669. The number of aromatic amines is 1. The van der Waals surface area contributed by atoms with E-state index in [0.29, 0.717) is 34.6 Å². The van der Waals surface area contributed by atoms with Gasteiger partial charge < -0.3 is 10.1 Å². The molecule has 2 N–H and O–H groups in total. The number of aromatic nitrogens is 3. The minimum absolute atomic E-state index is 0.272. The lowest BCUT2D eigenvalue weighted by Crippen LogP contribution is -2.39. The van der Waals surface area contributed by atoms with Gasteiger partial charge in [-0.2, -0.15) is 5.26 Å². The highest BCUT2D eigenvalue weighted by atomic mass is 16.5. The number of pyridine rings is 1. The van der Waals surface area contributed by atoms with Gasteiger partial charge in [-0.15, -0.1) is 0 Å². The number of hydrogen-bond acceptors (Lipinski definition) is 5. The highest BCUT2D eigenvalue weighted by molar-refractivity contribution is 5.94. The highest BCUT2D eigenvalue weighted by Crippen LogP contribution is 2.16. The predicted octanol–water partition coefficient (Wildman–Crippen LogP) is 2.25. The largest absolute Gasteiger partial charge is 0.377 e. The van der Waals surface area contributed by atoms with Crippen molar-refractivity contribution in [2.45, 2.75) is 19.4 Å². The van der Waals surface area contributed by atoms with Crippen LogP contribution in [0.15, 0.2) is 53.6 Å². The third kappa shape index (κ3) is 4.42. The Balaban J connectivity index is 1.78. The van der Waals surface area contributed by atoms with Crippen molar-refractivity contribution in [3.63, 3.8) is 0 Å². The topological polar surface area (TPSA) is 113 Å². The van der Waals surface area contributed by atoms with E-state index in [2.05, 4.69) is 15.4 Å². The number of amides is 1. The standard InChI is InChI=1S/C21H21N5O3/c1-21(2,29-3)13-24-19(27)16-8-9-18(23-11-16)26-20(28)17(12-25-26)15-6-4-14(10-22)5-7-15/h4-9,11-12,25H,13H2,1-3H3,(H,24,27). The maximum Gasteiger partial charge on any atom is 0.280 e. The first-order valence-electron chi connectivity index (χ1n) is 8.95. The molecule has 0 fully saturated rings. The van der Waals surface area contributed by atoms with E-state index in [-0.39, 0.29) is 11.5 Å². The Morgan fingerprint density at radius 1 is 1.28 bits per heavy atom. The molecule has 0 spiro atoms. The van der Waals surface area contributed by atoms with Crippen LogP contribution in [0.5, 0.6) is 0 Å². The molecule has 2 heterocycles. The minimum Gasteiger partial charge on any atom is -0.377 e. The fraction of sp³-hybridized carbons (Fsp3) is 0.238. The molecule has 3 rings (SSSR count). The number of carbonyl (C=O) groups excluding carboxylic acids is 1. The van der Waals surface area contributed by atoms with Crippen molar-refractivity contribution in [3.8, 4) is 23.0 Å². The second-order valence-corrected chi connectivity index (χ2v) is 7.07. The summed E-state index contributed by atoms with van der Waals surface area (Å²) in [5.74, 6) is 0.0925. The van der Waals surface area contributed by atoms with Gasteiger partial charge in [-0.1, -0.05) is 12.1 Å². The molecule has 0 unspecified atom stereocenters. The van der Waals surface area contributed by atoms with Crippen LogP contribution in [0.3, 0.4) is 0 Å². The van der Waals surface area contributed by atoms with E-state index in [0.717, 1.165) is 0 Å². The Hall–Kier alpha value is -3.70. The lowest BCUT2D eigenvalue weighted by molar-refractivity contribution is 0.0228. The molecule has 0 aliphatic rings. The summed E-state index contributed by atoms with van der Waals surface area (Å²) in [6.45, 7) is 4.10. The first-order valence-corrected chi connectivity index (χ1v) is 8.95. The van der Waals surface area contributed by atoms with Gasteiger partial charge in [0.1, 0.15) is 0 Å². The molecule has 0 saturated heterocycles. The van der Waals surface area contributed by atoms with Gasteiger partial charge >= 0.3 is 0 Å². The summed E-state index contributed by atoms with van der Waals surface area (Å²) < 4.78 is 6.57. The Bertz CT molecular complexity index is 1100. The average molecular weight is 391 g/mol. The molecule has 148 valence electrons. The SMILES string of the molecule is COC(C)(C)CNC(=O)c1ccc(-n2[nH]cc(-c3ccc(C#N)cc3)c2=O)nc1. The van der Waals surface area contributed by atoms with Crippen LogP contribution in [0, 0.1) is 11.3 Å². The van der Waals surface area contributed by atoms with Crippen molar-refractivity contribution in [1.82, 2.24) is 20.1 Å². The summed E-state index contributed by atoms with van der Waals surface area (Å²) in [4.78, 5) is 29.2. The molecule has 2 aromatic heterocycles. The van der Waals surface area contributed by atoms with Crippen molar-refractivity contribution >= 4 is 5.91 Å². The van der Waals surface area contributed by atoms with Crippen LogP contribution < -0.4 is 10.9 Å². The van der Waals surface area contributed by atoms with Gasteiger partial charge in [-0.25, -0.2) is 9.67 Å². The molecule has 0 radical (unpaired) electrons. The number of nitriles is 1. The van der Waals surface area contributed by atoms with Gasteiger partial charge in [0.05, 0.1) is 28.4 Å². The second-order valence-electron chi connectivity index (χ2n) is 7.07. The zero-order chi connectivity index (χ0) is 21.0. The number of hydrogen-bond donors (Lipinski definition) is 2. The number of rotatable bonds is 6. The Morgan fingerprint density at radius 2 is 2.00 bits per heavy atom. The summed E-state index contributed by atoms with van der Waals surface area (Å²) in [6.07, 6.45) is 3.00. The van der Waals surface area contributed by atoms with Crippen molar-refractivity contribution < 1.29 is 9.53 Å². The molecule has 3 aromatic rings. The number of H-pyrrole nitrogens is 1. The zero-order valence-corrected chi connectivity index (χ0v) is 16.4. The molecular formula is C21H21N5O3. The number of methoxy groups -OCH3 is 1. The normalized spacial score (nSPS) is 11.1. The van der Waals surface area contributed by atoms with Crippen LogP contribution in [-0.4, -0.2) is 39.9 Å². The number of nitrogens with one attached hydrogen (secondary N) is 2. The summed E-state index contributed by atoms with van der Waals surface area (Å²) in [6, 6.07) is 12.0. The first-order chi connectivity index (χ1) is 13.8. The van der Waals surface area contributed by atoms with E-state index in [1.165, 1.54) is 10.9 Å². The maximum atomic E-state index is 12.7. The van der Waals surface area contributed by atoms with E-state index >= 15 is 0 Å². The van der Waals surface area contributed by atoms with Gasteiger partial charge in [0.2, 0.25) is 0 Å². The smallest absolute Gasteiger partial charge is 0.280 e. The molecule has 29 heavy (non-hydrogen) atoms. The van der Waals surface area contributed by atoms with Gasteiger partial charge in [0.15, 0.2) is 5.82 Å². The van der Waals surface area contributed by atoms with Crippen LogP contribution in [0.2, 0.25) is 0 Å². The number of benzene rings is 1. The van der Waals surface area contributed by atoms with Gasteiger partial charge in [0, 0.05) is 26.0 Å². The zero-order valence-electron chi connectivity index (χ0n) is 16.4. The number of nitrogens with zero attached hydrogens (tertiary/aromatic N) is 3. The maximum absolute atomic E-state index is 12.7. The fourth-order valence-electron chi connectivity index (χ4n) is 2.59. The number of ether oxygens (including phenoxy) is 1. The third-order valence-electron chi connectivity index (χ3n) is 4.56. The van der Waals surface area contributed by atoms with Crippen LogP contribution in [0.25, 0.3) is 16.9 Å². The summed E-state index contributed by atoms with van der Waals surface area (Å²) in [5, 5.41) is 14.6. The Morgan fingerprint density at radius 3 is 2.59 bits per heavy atom. The molecule has 8 heteroatoms. The fourth-order valence-corrected chi connectivity index (χ4v) is 2.59. The molecular weight excluding hydrogens is 370 g/mol. The average Bonchev–Trinajstić information content (AvgIpc) is 3.13. The second kappa shape index (κ2) is 8.12. The van der Waals surface area contributed by atoms with Crippen molar-refractivity contribution in [1.29, 1.82) is 5.26 Å².